The molecule has 0 aliphatic carbocycles. The molecule has 6 heteroatoms. The standard InChI is InChI=1S/C17H13ClN2O2S/c18-15-8-4-5-9-17(15)23(21,22)20-14-10-11-16(19-12-14)13-6-2-1-3-7-13/h1-12,20H. The van der Waals surface area contributed by atoms with Crippen LogP contribution in [0.15, 0.2) is 77.8 Å². The summed E-state index contributed by atoms with van der Waals surface area (Å²) in [5, 5.41) is 0.175. The Kier molecular flexibility index (Phi) is 4.32. The van der Waals surface area contributed by atoms with Gasteiger partial charge >= 0.3 is 0 Å². The Morgan fingerprint density at radius 1 is 0.870 bits per heavy atom. The lowest BCUT2D eigenvalue weighted by Gasteiger charge is -2.09. The van der Waals surface area contributed by atoms with Crippen LogP contribution in [-0.4, -0.2) is 13.4 Å². The first-order chi connectivity index (χ1) is 11.1. The summed E-state index contributed by atoms with van der Waals surface area (Å²) in [5.74, 6) is 0. The third-order valence-corrected chi connectivity index (χ3v) is 5.09. The van der Waals surface area contributed by atoms with Crippen molar-refractivity contribution in [3.05, 3.63) is 77.9 Å². The summed E-state index contributed by atoms with van der Waals surface area (Å²) >= 11 is 5.95. The molecule has 3 aromatic rings. The van der Waals surface area contributed by atoms with Crippen molar-refractivity contribution in [2.45, 2.75) is 4.90 Å². The topological polar surface area (TPSA) is 59.1 Å². The molecule has 2 aromatic carbocycles. The lowest BCUT2D eigenvalue weighted by atomic mass is 10.1. The van der Waals surface area contributed by atoms with E-state index in [1.165, 1.54) is 18.3 Å². The maximum atomic E-state index is 12.4. The van der Waals surface area contributed by atoms with E-state index in [0.29, 0.717) is 5.69 Å². The highest BCUT2D eigenvalue weighted by molar-refractivity contribution is 7.92. The number of halogens is 1. The molecule has 0 amide bonds. The van der Waals surface area contributed by atoms with E-state index in [0.717, 1.165) is 11.3 Å². The highest BCUT2D eigenvalue weighted by Gasteiger charge is 2.17. The molecule has 0 aliphatic rings. The Labute approximate surface area is 139 Å². The first kappa shape index (κ1) is 15.5. The number of rotatable bonds is 4. The minimum atomic E-state index is -3.74. The summed E-state index contributed by atoms with van der Waals surface area (Å²) < 4.78 is 27.2. The van der Waals surface area contributed by atoms with E-state index in [2.05, 4.69) is 9.71 Å². The maximum Gasteiger partial charge on any atom is 0.263 e. The Balaban J connectivity index is 1.85. The molecule has 1 aromatic heterocycles. The quantitative estimate of drug-likeness (QED) is 0.771. The highest BCUT2D eigenvalue weighted by atomic mass is 35.5. The third kappa shape index (κ3) is 3.52. The Morgan fingerprint density at radius 2 is 1.57 bits per heavy atom. The predicted octanol–water partition coefficient (Wildman–Crippen LogP) is 4.20. The number of hydrogen-bond donors (Lipinski definition) is 1. The van der Waals surface area contributed by atoms with E-state index in [1.807, 2.05) is 30.3 Å². The molecule has 0 spiro atoms. The fourth-order valence-electron chi connectivity index (χ4n) is 2.11. The Morgan fingerprint density at radius 3 is 2.22 bits per heavy atom. The monoisotopic (exact) mass is 344 g/mol. The van der Waals surface area contributed by atoms with Crippen LogP contribution in [0.25, 0.3) is 11.3 Å². The van der Waals surface area contributed by atoms with Gasteiger partial charge in [0.25, 0.3) is 10.0 Å². The van der Waals surface area contributed by atoms with Crippen molar-refractivity contribution in [1.82, 2.24) is 4.98 Å². The van der Waals surface area contributed by atoms with E-state index in [9.17, 15) is 8.42 Å². The van der Waals surface area contributed by atoms with Gasteiger partial charge in [0.2, 0.25) is 0 Å². The van der Waals surface area contributed by atoms with Crippen molar-refractivity contribution in [1.29, 1.82) is 0 Å². The smallest absolute Gasteiger partial charge is 0.263 e. The summed E-state index contributed by atoms with van der Waals surface area (Å²) in [6.45, 7) is 0. The molecule has 116 valence electrons. The number of aromatic nitrogens is 1. The van der Waals surface area contributed by atoms with Crippen LogP contribution in [0.2, 0.25) is 5.02 Å². The van der Waals surface area contributed by atoms with Gasteiger partial charge in [-0.1, -0.05) is 54.1 Å². The second kappa shape index (κ2) is 6.40. The van der Waals surface area contributed by atoms with Crippen LogP contribution in [0.1, 0.15) is 0 Å². The molecule has 0 saturated heterocycles. The first-order valence-corrected chi connectivity index (χ1v) is 8.71. The van der Waals surface area contributed by atoms with Crippen LogP contribution < -0.4 is 4.72 Å². The molecule has 0 atom stereocenters. The molecule has 1 N–H and O–H groups in total. The predicted molar refractivity (Wildman–Crippen MR) is 91.9 cm³/mol. The highest BCUT2D eigenvalue weighted by Crippen LogP contribution is 2.24. The van der Waals surface area contributed by atoms with E-state index in [1.54, 1.807) is 24.3 Å². The summed E-state index contributed by atoms with van der Waals surface area (Å²) in [6.07, 6.45) is 1.48. The zero-order valence-corrected chi connectivity index (χ0v) is 13.6. The van der Waals surface area contributed by atoms with Crippen LogP contribution in [0.4, 0.5) is 5.69 Å². The molecular weight excluding hydrogens is 332 g/mol. The number of nitrogens with one attached hydrogen (secondary N) is 1. The second-order valence-electron chi connectivity index (χ2n) is 4.83. The number of benzene rings is 2. The lowest BCUT2D eigenvalue weighted by molar-refractivity contribution is 0.601. The molecule has 0 fully saturated rings. The van der Waals surface area contributed by atoms with Gasteiger partial charge in [0.1, 0.15) is 4.90 Å². The van der Waals surface area contributed by atoms with Crippen LogP contribution in [0, 0.1) is 0 Å². The van der Waals surface area contributed by atoms with E-state index in [4.69, 9.17) is 11.6 Å². The van der Waals surface area contributed by atoms with Crippen molar-refractivity contribution in [2.75, 3.05) is 4.72 Å². The third-order valence-electron chi connectivity index (χ3n) is 3.21. The van der Waals surface area contributed by atoms with Crippen molar-refractivity contribution in [2.24, 2.45) is 0 Å². The van der Waals surface area contributed by atoms with Gasteiger partial charge in [-0.05, 0) is 24.3 Å². The van der Waals surface area contributed by atoms with Crippen molar-refractivity contribution in [3.63, 3.8) is 0 Å². The molecule has 0 aliphatic heterocycles. The number of sulfonamides is 1. The van der Waals surface area contributed by atoms with Gasteiger partial charge in [0, 0.05) is 5.56 Å². The molecule has 4 nitrogen and oxygen atoms in total. The largest absolute Gasteiger partial charge is 0.278 e. The molecule has 1 heterocycles. The molecular formula is C17H13ClN2O2S. The van der Waals surface area contributed by atoms with Gasteiger partial charge in [-0.15, -0.1) is 0 Å². The van der Waals surface area contributed by atoms with Crippen LogP contribution in [0.5, 0.6) is 0 Å². The SMILES string of the molecule is O=S(=O)(Nc1ccc(-c2ccccc2)nc1)c1ccccc1Cl. The number of nitrogens with zero attached hydrogens (tertiary/aromatic N) is 1. The minimum Gasteiger partial charge on any atom is -0.278 e. The van der Waals surface area contributed by atoms with E-state index >= 15 is 0 Å². The van der Waals surface area contributed by atoms with Crippen molar-refractivity contribution >= 4 is 27.3 Å². The van der Waals surface area contributed by atoms with Gasteiger partial charge in [-0.3, -0.25) is 9.71 Å². The molecule has 0 radical (unpaired) electrons. The number of anilines is 1. The van der Waals surface area contributed by atoms with Crippen LogP contribution in [-0.2, 0) is 10.0 Å². The average Bonchev–Trinajstić information content (AvgIpc) is 2.56. The van der Waals surface area contributed by atoms with Gasteiger partial charge < -0.3 is 0 Å². The fourth-order valence-corrected chi connectivity index (χ4v) is 3.67. The molecule has 23 heavy (non-hydrogen) atoms. The molecule has 3 rings (SSSR count). The van der Waals surface area contributed by atoms with Gasteiger partial charge in [-0.2, -0.15) is 0 Å². The molecule has 0 unspecified atom stereocenters. The average molecular weight is 345 g/mol. The number of pyridine rings is 1. The molecule has 0 saturated carbocycles. The zero-order valence-electron chi connectivity index (χ0n) is 12.0. The summed E-state index contributed by atoms with van der Waals surface area (Å²) in [6, 6.07) is 19.4. The Hall–Kier alpha value is -2.37. The fraction of sp³-hybridized carbons (Fsp3) is 0. The van der Waals surface area contributed by atoms with E-state index < -0.39 is 10.0 Å². The van der Waals surface area contributed by atoms with Crippen molar-refractivity contribution < 1.29 is 8.42 Å². The maximum absolute atomic E-state index is 12.4. The normalized spacial score (nSPS) is 11.2. The van der Waals surface area contributed by atoms with Crippen molar-refractivity contribution in [3.8, 4) is 11.3 Å². The van der Waals surface area contributed by atoms with Crippen LogP contribution in [0.3, 0.4) is 0 Å². The van der Waals surface area contributed by atoms with Crippen LogP contribution >= 0.6 is 11.6 Å². The van der Waals surface area contributed by atoms with Gasteiger partial charge in [-0.25, -0.2) is 8.42 Å². The van der Waals surface area contributed by atoms with E-state index in [-0.39, 0.29) is 9.92 Å². The lowest BCUT2D eigenvalue weighted by Crippen LogP contribution is -2.13. The number of hydrogen-bond acceptors (Lipinski definition) is 3. The van der Waals surface area contributed by atoms with Gasteiger partial charge in [0.05, 0.1) is 22.6 Å². The Bertz CT molecular complexity index is 911. The summed E-state index contributed by atoms with van der Waals surface area (Å²) in [5.41, 5.74) is 2.11. The summed E-state index contributed by atoms with van der Waals surface area (Å²) in [4.78, 5) is 4.33. The minimum absolute atomic E-state index is 0.0359. The second-order valence-corrected chi connectivity index (χ2v) is 6.89. The zero-order chi connectivity index (χ0) is 16.3. The molecule has 0 bridgehead atoms. The van der Waals surface area contributed by atoms with Gasteiger partial charge in [0.15, 0.2) is 0 Å². The first-order valence-electron chi connectivity index (χ1n) is 6.85. The summed E-state index contributed by atoms with van der Waals surface area (Å²) in [7, 11) is -3.74.